The van der Waals surface area contributed by atoms with Gasteiger partial charge in [0, 0.05) is 6.42 Å². The molecule has 17 atom stereocenters. The monoisotopic (exact) mass is 926 g/mol. The van der Waals surface area contributed by atoms with E-state index < -0.39 is 124 Å². The molecule has 376 valence electrons. The van der Waals surface area contributed by atoms with Gasteiger partial charge in [-0.05, 0) is 38.5 Å². The number of hydrogen-bond donors (Lipinski definition) is 12. The number of carbonyl (C=O) groups is 1. The number of unbranched alkanes of at least 4 members (excludes halogenated alkanes) is 14. The Morgan fingerprint density at radius 1 is 0.547 bits per heavy atom. The van der Waals surface area contributed by atoms with E-state index in [0.29, 0.717) is 19.3 Å². The van der Waals surface area contributed by atoms with Crippen LogP contribution in [0.4, 0.5) is 0 Å². The number of hydrogen-bond acceptors (Lipinski definition) is 18. The van der Waals surface area contributed by atoms with Crippen LogP contribution in [0, 0.1) is 0 Å². The fourth-order valence-electron chi connectivity index (χ4n) is 8.25. The molecular formula is C45H83NO18. The van der Waals surface area contributed by atoms with Crippen molar-refractivity contribution >= 4 is 5.91 Å². The van der Waals surface area contributed by atoms with Crippen LogP contribution in [0.25, 0.3) is 0 Å². The Hall–Kier alpha value is -1.47. The molecule has 3 aliphatic rings. The van der Waals surface area contributed by atoms with Crippen LogP contribution in [0.5, 0.6) is 0 Å². The van der Waals surface area contributed by atoms with Crippen LogP contribution < -0.4 is 5.32 Å². The van der Waals surface area contributed by atoms with Gasteiger partial charge in [-0.25, -0.2) is 0 Å². The Balaban J connectivity index is 1.51. The molecule has 0 bridgehead atoms. The molecule has 0 aromatic carbocycles. The summed E-state index contributed by atoms with van der Waals surface area (Å²) in [6.45, 7) is 1.59. The number of aliphatic hydroxyl groups excluding tert-OH is 11. The van der Waals surface area contributed by atoms with Crippen LogP contribution in [0.3, 0.4) is 0 Å². The highest BCUT2D eigenvalue weighted by atomic mass is 16.8. The molecule has 0 aliphatic carbocycles. The maximum Gasteiger partial charge on any atom is 0.220 e. The van der Waals surface area contributed by atoms with Crippen LogP contribution in [0.15, 0.2) is 12.2 Å². The third-order valence-electron chi connectivity index (χ3n) is 12.3. The second-order valence-electron chi connectivity index (χ2n) is 17.6. The molecule has 17 unspecified atom stereocenters. The summed E-state index contributed by atoms with van der Waals surface area (Å²) in [7, 11) is 0. The molecule has 3 heterocycles. The van der Waals surface area contributed by atoms with Crippen molar-refractivity contribution in [3.63, 3.8) is 0 Å². The van der Waals surface area contributed by atoms with Gasteiger partial charge in [-0.1, -0.05) is 103 Å². The zero-order chi connectivity index (χ0) is 47.0. The van der Waals surface area contributed by atoms with Crippen molar-refractivity contribution in [3.8, 4) is 0 Å². The summed E-state index contributed by atoms with van der Waals surface area (Å²) in [5.74, 6) is -0.263. The van der Waals surface area contributed by atoms with Crippen LogP contribution in [-0.4, -0.2) is 193 Å². The summed E-state index contributed by atoms with van der Waals surface area (Å²) >= 11 is 0. The number of aliphatic hydroxyl groups is 11. The maximum absolute atomic E-state index is 13.1. The Morgan fingerprint density at radius 3 is 1.52 bits per heavy atom. The second-order valence-corrected chi connectivity index (χ2v) is 17.6. The van der Waals surface area contributed by atoms with Gasteiger partial charge in [0.05, 0.1) is 38.6 Å². The van der Waals surface area contributed by atoms with Gasteiger partial charge in [0.2, 0.25) is 5.91 Å². The minimum atomic E-state index is -1.97. The number of amides is 1. The second kappa shape index (κ2) is 31.6. The topological polar surface area (TPSA) is 307 Å². The van der Waals surface area contributed by atoms with E-state index in [0.717, 1.165) is 57.8 Å². The zero-order valence-corrected chi connectivity index (χ0v) is 38.0. The maximum atomic E-state index is 13.1. The molecule has 19 heteroatoms. The molecule has 64 heavy (non-hydrogen) atoms. The minimum absolute atomic E-state index is 0.256. The standard InChI is InChI=1S/C45H83NO18/c1-3-5-7-9-10-11-12-13-14-15-16-17-18-19-21-23-33(51)46-28(29(50)22-20-8-6-4-2)27-59-43-39(57)36(54)41(31(25-48)61-43)64-45-40(58)37(55)42(32(26-49)62-45)63-44-38(56)35(53)34(52)30(24-47)60-44/h13-14,28-32,34-45,47-50,52-58H,3-12,15-27H2,1-2H3,(H,46,51)/b14-13-. The molecule has 0 aromatic heterocycles. The van der Waals surface area contributed by atoms with E-state index in [1.807, 2.05) is 0 Å². The van der Waals surface area contributed by atoms with E-state index in [9.17, 15) is 61.0 Å². The first-order chi connectivity index (χ1) is 30.8. The van der Waals surface area contributed by atoms with Gasteiger partial charge >= 0.3 is 0 Å². The molecule has 0 spiro atoms. The summed E-state index contributed by atoms with van der Waals surface area (Å²) in [5, 5.41) is 119. The highest BCUT2D eigenvalue weighted by Gasteiger charge is 2.53. The van der Waals surface area contributed by atoms with Crippen LogP contribution in [0.2, 0.25) is 0 Å². The number of carbonyl (C=O) groups excluding carboxylic acids is 1. The predicted octanol–water partition coefficient (Wildman–Crippen LogP) is 0.305. The molecule has 0 saturated carbocycles. The zero-order valence-electron chi connectivity index (χ0n) is 38.0. The summed E-state index contributed by atoms with van der Waals surface area (Å²) < 4.78 is 33.9. The number of rotatable bonds is 32. The molecule has 3 rings (SSSR count). The Morgan fingerprint density at radius 2 is 0.984 bits per heavy atom. The first-order valence-corrected chi connectivity index (χ1v) is 23.9. The smallest absolute Gasteiger partial charge is 0.220 e. The Kier molecular flexibility index (Phi) is 28.0. The molecule has 3 saturated heterocycles. The fourth-order valence-corrected chi connectivity index (χ4v) is 8.25. The summed E-state index contributed by atoms with van der Waals surface area (Å²) in [6.07, 6.45) is -2.96. The van der Waals surface area contributed by atoms with E-state index in [1.54, 1.807) is 0 Å². The van der Waals surface area contributed by atoms with Crippen molar-refractivity contribution in [1.29, 1.82) is 0 Å². The van der Waals surface area contributed by atoms with Crippen LogP contribution in [-0.2, 0) is 33.2 Å². The average molecular weight is 926 g/mol. The highest BCUT2D eigenvalue weighted by Crippen LogP contribution is 2.33. The lowest BCUT2D eigenvalue weighted by Gasteiger charge is -2.48. The summed E-state index contributed by atoms with van der Waals surface area (Å²) in [5.41, 5.74) is 0. The van der Waals surface area contributed by atoms with Gasteiger partial charge in [0.15, 0.2) is 18.9 Å². The highest BCUT2D eigenvalue weighted by molar-refractivity contribution is 5.76. The van der Waals surface area contributed by atoms with Gasteiger partial charge in [0.25, 0.3) is 0 Å². The summed E-state index contributed by atoms with van der Waals surface area (Å²) in [6, 6.07) is -0.882. The Bertz CT molecular complexity index is 1250. The van der Waals surface area contributed by atoms with E-state index in [-0.39, 0.29) is 18.9 Å². The van der Waals surface area contributed by atoms with Crippen molar-refractivity contribution in [2.45, 2.75) is 240 Å². The lowest BCUT2D eigenvalue weighted by atomic mass is 9.96. The molecule has 0 radical (unpaired) electrons. The lowest BCUT2D eigenvalue weighted by molar-refractivity contribution is -0.379. The van der Waals surface area contributed by atoms with Crippen LogP contribution >= 0.6 is 0 Å². The molecule has 19 nitrogen and oxygen atoms in total. The van der Waals surface area contributed by atoms with Crippen molar-refractivity contribution in [2.75, 3.05) is 26.4 Å². The van der Waals surface area contributed by atoms with Gasteiger partial charge < -0.3 is 89.9 Å². The molecule has 3 aliphatic heterocycles. The third-order valence-corrected chi connectivity index (χ3v) is 12.3. The number of ether oxygens (including phenoxy) is 6. The molecule has 3 fully saturated rings. The Labute approximate surface area is 378 Å². The van der Waals surface area contributed by atoms with E-state index in [2.05, 4.69) is 31.3 Å². The first-order valence-electron chi connectivity index (χ1n) is 23.9. The fraction of sp³-hybridized carbons (Fsp3) is 0.933. The van der Waals surface area contributed by atoms with Crippen molar-refractivity contribution in [3.05, 3.63) is 12.2 Å². The van der Waals surface area contributed by atoms with E-state index >= 15 is 0 Å². The largest absolute Gasteiger partial charge is 0.394 e. The normalized spacial score (nSPS) is 34.5. The quantitative estimate of drug-likeness (QED) is 0.0319. The SMILES string of the molecule is CCCCCCCC/C=C\CCCCCCCC(=O)NC(COC1OC(CO)C(OC2OC(CO)C(OC3OC(CO)C(O)C(O)C3O)C(O)C2O)C(O)C1O)C(O)CCCCCC. The van der Waals surface area contributed by atoms with Crippen molar-refractivity contribution < 1.29 is 89.4 Å². The minimum Gasteiger partial charge on any atom is -0.394 e. The van der Waals surface area contributed by atoms with Crippen molar-refractivity contribution in [1.82, 2.24) is 5.32 Å². The number of allylic oxidation sites excluding steroid dienone is 2. The van der Waals surface area contributed by atoms with Gasteiger partial charge in [-0.3, -0.25) is 4.79 Å². The first kappa shape index (κ1) is 56.9. The van der Waals surface area contributed by atoms with Crippen LogP contribution in [0.1, 0.15) is 136 Å². The van der Waals surface area contributed by atoms with Gasteiger partial charge in [0.1, 0.15) is 73.2 Å². The number of nitrogens with one attached hydrogen (secondary N) is 1. The van der Waals surface area contributed by atoms with E-state index in [4.69, 9.17) is 28.4 Å². The predicted molar refractivity (Wildman–Crippen MR) is 231 cm³/mol. The van der Waals surface area contributed by atoms with Gasteiger partial charge in [-0.2, -0.15) is 0 Å². The molecule has 1 amide bonds. The van der Waals surface area contributed by atoms with Crippen molar-refractivity contribution in [2.24, 2.45) is 0 Å². The van der Waals surface area contributed by atoms with E-state index in [1.165, 1.54) is 38.5 Å². The average Bonchev–Trinajstić information content (AvgIpc) is 3.29. The van der Waals surface area contributed by atoms with Gasteiger partial charge in [-0.15, -0.1) is 0 Å². The molecule has 12 N–H and O–H groups in total. The molecular weight excluding hydrogens is 842 g/mol. The lowest BCUT2D eigenvalue weighted by Crippen LogP contribution is -2.66. The molecule has 0 aromatic rings. The summed E-state index contributed by atoms with van der Waals surface area (Å²) in [4.78, 5) is 13.1. The third kappa shape index (κ3) is 18.2.